The maximum absolute atomic E-state index is 9.60. The number of hydrogen-bond donors (Lipinski definition) is 1. The van der Waals surface area contributed by atoms with Crippen LogP contribution in [0.15, 0.2) is 0 Å². The third kappa shape index (κ3) is 25.3. The Morgan fingerprint density at radius 2 is 1.91 bits per heavy atom. The minimum absolute atomic E-state index is 0.292. The van der Waals surface area contributed by atoms with Crippen molar-refractivity contribution in [1.29, 1.82) is 0 Å². The van der Waals surface area contributed by atoms with Crippen LogP contribution >= 0.6 is 0 Å². The first kappa shape index (κ1) is 13.8. The van der Waals surface area contributed by atoms with Crippen LogP contribution in [0.4, 0.5) is 0 Å². The molecule has 0 aromatic heterocycles. The number of carboxylic acids is 1. The van der Waals surface area contributed by atoms with Gasteiger partial charge in [0.25, 0.3) is 0 Å². The number of rotatable bonds is 4. The van der Waals surface area contributed by atoms with E-state index in [1.165, 1.54) is 39.8 Å². The fourth-order valence-corrected chi connectivity index (χ4v) is 1.58. The zero-order valence-electron chi connectivity index (χ0n) is 7.47. The molecule has 0 aliphatic carbocycles. The molecule has 0 atom stereocenters. The first-order valence-corrected chi connectivity index (χ1v) is 6.43. The van der Waals surface area contributed by atoms with E-state index in [0.717, 1.165) is 6.42 Å². The molecular formula is C8H18O2Sn. The fraction of sp³-hybridized carbons (Fsp3) is 0.875. The van der Waals surface area contributed by atoms with E-state index in [1.807, 2.05) is 6.92 Å². The summed E-state index contributed by atoms with van der Waals surface area (Å²) in [5.41, 5.74) is 0. The van der Waals surface area contributed by atoms with Crippen molar-refractivity contribution in [3.63, 3.8) is 0 Å². The Morgan fingerprint density at radius 1 is 1.36 bits per heavy atom. The van der Waals surface area contributed by atoms with Gasteiger partial charge in [-0.3, -0.25) is 4.79 Å². The van der Waals surface area contributed by atoms with E-state index in [9.17, 15) is 4.79 Å². The molecule has 0 bridgehead atoms. The number of carbonyl (C=O) groups is 1. The van der Waals surface area contributed by atoms with E-state index in [-0.39, 0.29) is 0 Å². The maximum atomic E-state index is 9.60. The summed E-state index contributed by atoms with van der Waals surface area (Å²) in [5, 5.41) is 7.91. The monoisotopic (exact) mass is 266 g/mol. The van der Waals surface area contributed by atoms with Gasteiger partial charge in [-0.15, -0.1) is 0 Å². The van der Waals surface area contributed by atoms with Crippen molar-refractivity contribution in [2.45, 2.75) is 44.0 Å². The number of hydrogen-bond acceptors (Lipinski definition) is 1. The normalized spacial score (nSPS) is 8.27. The second-order valence-electron chi connectivity index (χ2n) is 2.29. The molecule has 0 rings (SSSR count). The molecule has 0 amide bonds. The Labute approximate surface area is 82.5 Å². The predicted molar refractivity (Wildman–Crippen MR) is 49.4 cm³/mol. The molecule has 0 unspecified atom stereocenters. The topological polar surface area (TPSA) is 37.3 Å². The van der Waals surface area contributed by atoms with Gasteiger partial charge in [-0.2, -0.15) is 0 Å². The molecule has 66 valence electrons. The van der Waals surface area contributed by atoms with Crippen LogP contribution in [0, 0.1) is 0 Å². The molecule has 0 heterocycles. The van der Waals surface area contributed by atoms with Crippen LogP contribution in [0.2, 0.25) is 4.44 Å². The van der Waals surface area contributed by atoms with Crippen LogP contribution in [0.1, 0.15) is 39.5 Å². The third-order valence-electron chi connectivity index (χ3n) is 1.02. The van der Waals surface area contributed by atoms with Crippen LogP contribution < -0.4 is 0 Å². The molecule has 0 aromatic rings. The van der Waals surface area contributed by atoms with Crippen molar-refractivity contribution in [2.24, 2.45) is 0 Å². The summed E-state index contributed by atoms with van der Waals surface area (Å²) in [7, 11) is 0. The molecule has 11 heavy (non-hydrogen) atoms. The summed E-state index contributed by atoms with van der Waals surface area (Å²) in [4.78, 5) is 9.60. The molecule has 0 aliphatic heterocycles. The van der Waals surface area contributed by atoms with Gasteiger partial charge in [0.15, 0.2) is 0 Å². The van der Waals surface area contributed by atoms with Gasteiger partial charge in [0.1, 0.15) is 0 Å². The SMILES string of the molecule is CCCC(=O)O.CCC[CH2][SnH]. The summed E-state index contributed by atoms with van der Waals surface area (Å²) in [6, 6.07) is 0. The van der Waals surface area contributed by atoms with Crippen molar-refractivity contribution >= 4 is 28.5 Å². The first-order chi connectivity index (χ1) is 5.18. The summed E-state index contributed by atoms with van der Waals surface area (Å²) < 4.78 is 1.47. The van der Waals surface area contributed by atoms with Gasteiger partial charge in [-0.25, -0.2) is 0 Å². The second-order valence-corrected chi connectivity index (χ2v) is 3.93. The van der Waals surface area contributed by atoms with Crippen LogP contribution in [0.5, 0.6) is 0 Å². The standard InChI is InChI=1S/C4H8O2.C4H9.Sn.H/c1-2-3-4(5)6;1-3-4-2;;/h2-3H2,1H3,(H,5,6);1,3-4H2,2H3;;. The molecule has 0 saturated heterocycles. The van der Waals surface area contributed by atoms with E-state index < -0.39 is 5.97 Å². The number of carboxylic acid groups (broad SMARTS) is 1. The quantitative estimate of drug-likeness (QED) is 0.789. The Balaban J connectivity index is 0. The van der Waals surface area contributed by atoms with Crippen LogP contribution in [0.3, 0.4) is 0 Å². The zero-order chi connectivity index (χ0) is 9.11. The van der Waals surface area contributed by atoms with Gasteiger partial charge in [0.2, 0.25) is 0 Å². The molecule has 3 heteroatoms. The van der Waals surface area contributed by atoms with Crippen LogP contribution in [-0.2, 0) is 4.79 Å². The van der Waals surface area contributed by atoms with Crippen molar-refractivity contribution in [3.8, 4) is 0 Å². The number of unbranched alkanes of at least 4 members (excludes halogenated alkanes) is 1. The molecule has 0 aliphatic rings. The molecule has 0 fully saturated rings. The zero-order valence-corrected chi connectivity index (χ0v) is 10.8. The van der Waals surface area contributed by atoms with Crippen molar-refractivity contribution in [3.05, 3.63) is 0 Å². The van der Waals surface area contributed by atoms with Gasteiger partial charge >= 0.3 is 52.7 Å². The Morgan fingerprint density at radius 3 is 1.91 bits per heavy atom. The number of aliphatic carboxylic acids is 1. The van der Waals surface area contributed by atoms with E-state index in [4.69, 9.17) is 5.11 Å². The summed E-state index contributed by atoms with van der Waals surface area (Å²) in [6.45, 7) is 4.07. The van der Waals surface area contributed by atoms with E-state index in [2.05, 4.69) is 6.92 Å². The molecule has 0 spiro atoms. The second kappa shape index (κ2) is 12.9. The minimum atomic E-state index is -0.711. The van der Waals surface area contributed by atoms with Crippen LogP contribution in [-0.4, -0.2) is 33.6 Å². The summed E-state index contributed by atoms with van der Waals surface area (Å²) in [6.07, 6.45) is 3.85. The van der Waals surface area contributed by atoms with Crippen LogP contribution in [0.25, 0.3) is 0 Å². The van der Waals surface area contributed by atoms with Crippen molar-refractivity contribution < 1.29 is 9.90 Å². The first-order valence-electron chi connectivity index (χ1n) is 4.10. The molecule has 1 N–H and O–H groups in total. The fourth-order valence-electron chi connectivity index (χ4n) is 0.418. The van der Waals surface area contributed by atoms with Gasteiger partial charge in [0.05, 0.1) is 0 Å². The van der Waals surface area contributed by atoms with Crippen molar-refractivity contribution in [1.82, 2.24) is 0 Å². The molecule has 2 radical (unpaired) electrons. The molecular weight excluding hydrogens is 247 g/mol. The molecule has 0 saturated carbocycles. The summed E-state index contributed by atoms with van der Waals surface area (Å²) >= 11 is 1.45. The predicted octanol–water partition coefficient (Wildman–Crippen LogP) is 1.98. The molecule has 2 nitrogen and oxygen atoms in total. The van der Waals surface area contributed by atoms with E-state index >= 15 is 0 Å². The third-order valence-corrected chi connectivity index (χ3v) is 2.19. The molecule has 0 aromatic carbocycles. The van der Waals surface area contributed by atoms with E-state index in [0.29, 0.717) is 6.42 Å². The van der Waals surface area contributed by atoms with Gasteiger partial charge in [-0.1, -0.05) is 6.92 Å². The summed E-state index contributed by atoms with van der Waals surface area (Å²) in [5.74, 6) is -0.711. The van der Waals surface area contributed by atoms with E-state index in [1.54, 1.807) is 0 Å². The average molecular weight is 265 g/mol. The van der Waals surface area contributed by atoms with Gasteiger partial charge in [0, 0.05) is 6.42 Å². The van der Waals surface area contributed by atoms with Crippen molar-refractivity contribution in [2.75, 3.05) is 0 Å². The Kier molecular flexibility index (Phi) is 16.2. The van der Waals surface area contributed by atoms with Gasteiger partial charge in [-0.05, 0) is 6.42 Å². The Hall–Kier alpha value is 0.269. The average Bonchev–Trinajstić information content (AvgIpc) is 1.90. The Bertz CT molecular complexity index is 82.2. The van der Waals surface area contributed by atoms with Gasteiger partial charge < -0.3 is 5.11 Å².